The predicted octanol–water partition coefficient (Wildman–Crippen LogP) is 0.233. The minimum atomic E-state index is -0.750. The van der Waals surface area contributed by atoms with Crippen LogP contribution in [-0.2, 0) is 0 Å². The van der Waals surface area contributed by atoms with Gasteiger partial charge in [-0.15, -0.1) is 0 Å². The second kappa shape index (κ2) is 6.33. The molecule has 0 saturated carbocycles. The Bertz CT molecular complexity index is 153. The lowest BCUT2D eigenvalue weighted by molar-refractivity contribution is 0.448. The van der Waals surface area contributed by atoms with Crippen molar-refractivity contribution in [3.05, 3.63) is 35.9 Å². The molecule has 0 aromatic heterocycles. The van der Waals surface area contributed by atoms with Crippen molar-refractivity contribution in [1.29, 1.82) is 0 Å². The maximum absolute atomic E-state index is 7.12. The van der Waals surface area contributed by atoms with E-state index in [9.17, 15) is 0 Å². The fourth-order valence-electron chi connectivity index (χ4n) is 0.534. The quantitative estimate of drug-likeness (QED) is 0.504. The van der Waals surface area contributed by atoms with E-state index >= 15 is 0 Å². The highest BCUT2D eigenvalue weighted by Gasteiger charge is 1.72. The van der Waals surface area contributed by atoms with E-state index in [2.05, 4.69) is 19.1 Å². The molecule has 0 aliphatic rings. The Hall–Kier alpha value is -0.795. The third-order valence-corrected chi connectivity index (χ3v) is 0.940. The molecule has 0 fully saturated rings. The van der Waals surface area contributed by atoms with Crippen LogP contribution in [0.25, 0.3) is 0 Å². The van der Waals surface area contributed by atoms with Gasteiger partial charge in [0.1, 0.15) is 0 Å². The van der Waals surface area contributed by atoms with Crippen molar-refractivity contribution in [2.45, 2.75) is 6.92 Å². The smallest absolute Gasteiger partial charge is 0.430 e. The minimum absolute atomic E-state index is 0.750. The van der Waals surface area contributed by atoms with Crippen LogP contribution in [0.3, 0.4) is 0 Å². The second-order valence-corrected chi connectivity index (χ2v) is 1.80. The third-order valence-electron chi connectivity index (χ3n) is 0.940. The normalized spacial score (nSPS) is 7.50. The predicted molar refractivity (Wildman–Crippen MR) is 42.8 cm³/mol. The summed E-state index contributed by atoms with van der Waals surface area (Å²) in [5.41, 5.74) is 1.32. The third kappa shape index (κ3) is 5.34. The van der Waals surface area contributed by atoms with E-state index in [0.717, 1.165) is 0 Å². The summed E-state index contributed by atoms with van der Waals surface area (Å²) in [6.45, 7) is 2.08. The lowest BCUT2D eigenvalue weighted by Gasteiger charge is -1.82. The molecule has 1 aromatic carbocycles. The minimum Gasteiger partial charge on any atom is -0.430 e. The van der Waals surface area contributed by atoms with Crippen molar-refractivity contribution < 1.29 is 10.0 Å². The van der Waals surface area contributed by atoms with Crippen LogP contribution < -0.4 is 0 Å². The molecule has 0 aliphatic heterocycles. The Kier molecular flexibility index (Phi) is 5.82. The van der Waals surface area contributed by atoms with Gasteiger partial charge in [-0.05, 0) is 6.92 Å². The van der Waals surface area contributed by atoms with Crippen LogP contribution in [0, 0.1) is 6.92 Å². The van der Waals surface area contributed by atoms with Gasteiger partial charge in [-0.1, -0.05) is 35.9 Å². The van der Waals surface area contributed by atoms with Gasteiger partial charge in [-0.25, -0.2) is 0 Å². The van der Waals surface area contributed by atoms with E-state index in [-0.39, 0.29) is 0 Å². The number of aryl methyl sites for hydroxylation is 1. The zero-order valence-corrected chi connectivity index (χ0v) is 5.99. The van der Waals surface area contributed by atoms with Gasteiger partial charge in [0.25, 0.3) is 0 Å². The first kappa shape index (κ1) is 9.20. The van der Waals surface area contributed by atoms with Crippen LogP contribution in [0.5, 0.6) is 0 Å². The average Bonchev–Trinajstić information content (AvgIpc) is 1.91. The first-order valence-electron chi connectivity index (χ1n) is 3.04. The van der Waals surface area contributed by atoms with E-state index in [4.69, 9.17) is 10.0 Å². The highest BCUT2D eigenvalue weighted by atomic mass is 16.4. The largest absolute Gasteiger partial charge is 0.432 e. The van der Waals surface area contributed by atoms with Crippen molar-refractivity contribution in [1.82, 2.24) is 0 Å². The molecule has 0 saturated heterocycles. The van der Waals surface area contributed by atoms with Gasteiger partial charge in [0.2, 0.25) is 0 Å². The number of rotatable bonds is 0. The zero-order chi connectivity index (χ0) is 7.82. The van der Waals surface area contributed by atoms with Crippen LogP contribution in [0.2, 0.25) is 0 Å². The molecular weight excluding hydrogens is 127 g/mol. The number of hydrogen-bond donors (Lipinski definition) is 2. The molecule has 0 unspecified atom stereocenters. The van der Waals surface area contributed by atoms with Crippen LogP contribution in [0.4, 0.5) is 0 Å². The van der Waals surface area contributed by atoms with Crippen LogP contribution in [0.15, 0.2) is 30.3 Å². The molecule has 0 aliphatic carbocycles. The summed E-state index contributed by atoms with van der Waals surface area (Å²) in [5.74, 6) is 0. The maximum atomic E-state index is 7.12. The fourth-order valence-corrected chi connectivity index (χ4v) is 0.534. The summed E-state index contributed by atoms with van der Waals surface area (Å²) in [4.78, 5) is 0. The van der Waals surface area contributed by atoms with Crippen LogP contribution in [0.1, 0.15) is 5.56 Å². The molecular formula is C7H11BO2. The molecule has 2 N–H and O–H groups in total. The van der Waals surface area contributed by atoms with Gasteiger partial charge in [-0.2, -0.15) is 0 Å². The van der Waals surface area contributed by atoms with E-state index in [1.165, 1.54) is 5.56 Å². The Balaban J connectivity index is 0.000000236. The standard InChI is InChI=1S/C7H8.BH3O2/c1-7-5-3-2-4-6-7;2-1-3/h2-6H,1H3;1-3H. The maximum Gasteiger partial charge on any atom is 0.432 e. The lowest BCUT2D eigenvalue weighted by atomic mass is 10.2. The zero-order valence-electron chi connectivity index (χ0n) is 5.99. The van der Waals surface area contributed by atoms with E-state index < -0.39 is 7.69 Å². The van der Waals surface area contributed by atoms with Crippen molar-refractivity contribution in [3.8, 4) is 0 Å². The molecule has 0 atom stereocenters. The highest BCUT2D eigenvalue weighted by molar-refractivity contribution is 6.13. The van der Waals surface area contributed by atoms with E-state index in [1.54, 1.807) is 0 Å². The molecule has 1 aromatic rings. The molecule has 0 radical (unpaired) electrons. The average molecular weight is 138 g/mol. The monoisotopic (exact) mass is 138 g/mol. The van der Waals surface area contributed by atoms with Crippen molar-refractivity contribution in [2.75, 3.05) is 0 Å². The van der Waals surface area contributed by atoms with Crippen molar-refractivity contribution >= 4 is 7.69 Å². The molecule has 54 valence electrons. The SMILES string of the molecule is Cc1ccccc1.OBO. The van der Waals surface area contributed by atoms with Crippen molar-refractivity contribution in [3.63, 3.8) is 0 Å². The summed E-state index contributed by atoms with van der Waals surface area (Å²) in [6.07, 6.45) is 0. The summed E-state index contributed by atoms with van der Waals surface area (Å²) in [5, 5.41) is 14.2. The number of benzene rings is 1. The van der Waals surface area contributed by atoms with Crippen LogP contribution in [-0.4, -0.2) is 17.7 Å². The van der Waals surface area contributed by atoms with Crippen molar-refractivity contribution in [2.24, 2.45) is 0 Å². The topological polar surface area (TPSA) is 40.5 Å². The van der Waals surface area contributed by atoms with Crippen LogP contribution >= 0.6 is 0 Å². The Morgan fingerprint density at radius 2 is 1.50 bits per heavy atom. The molecule has 3 heteroatoms. The molecule has 10 heavy (non-hydrogen) atoms. The molecule has 0 bridgehead atoms. The molecule has 2 nitrogen and oxygen atoms in total. The van der Waals surface area contributed by atoms with Gasteiger partial charge in [0, 0.05) is 0 Å². The second-order valence-electron chi connectivity index (χ2n) is 1.80. The molecule has 0 spiro atoms. The Morgan fingerprint density at radius 3 is 1.70 bits per heavy atom. The van der Waals surface area contributed by atoms with Gasteiger partial charge in [0.15, 0.2) is 0 Å². The first-order chi connectivity index (χ1) is 4.81. The molecule has 0 amide bonds. The lowest BCUT2D eigenvalue weighted by Crippen LogP contribution is -1.75. The number of hydrogen-bond acceptors (Lipinski definition) is 2. The van der Waals surface area contributed by atoms with E-state index in [0.29, 0.717) is 0 Å². The molecule has 0 heterocycles. The van der Waals surface area contributed by atoms with E-state index in [1.807, 2.05) is 18.2 Å². The Labute approximate surface area is 61.4 Å². The molecule has 1 rings (SSSR count). The highest BCUT2D eigenvalue weighted by Crippen LogP contribution is 1.92. The Morgan fingerprint density at radius 1 is 1.10 bits per heavy atom. The fraction of sp³-hybridized carbons (Fsp3) is 0.143. The summed E-state index contributed by atoms with van der Waals surface area (Å²) >= 11 is 0. The van der Waals surface area contributed by atoms with Gasteiger partial charge in [0.05, 0.1) is 0 Å². The summed E-state index contributed by atoms with van der Waals surface area (Å²) < 4.78 is 0. The van der Waals surface area contributed by atoms with Gasteiger partial charge in [-0.3, -0.25) is 0 Å². The van der Waals surface area contributed by atoms with Gasteiger partial charge < -0.3 is 10.0 Å². The van der Waals surface area contributed by atoms with Gasteiger partial charge >= 0.3 is 7.69 Å². The first-order valence-corrected chi connectivity index (χ1v) is 3.04. The summed E-state index contributed by atoms with van der Waals surface area (Å²) in [6, 6.07) is 10.3. The summed E-state index contributed by atoms with van der Waals surface area (Å²) in [7, 11) is -0.750.